The van der Waals surface area contributed by atoms with Crippen molar-refractivity contribution in [1.82, 2.24) is 14.0 Å². The lowest BCUT2D eigenvalue weighted by atomic mass is 9.85. The minimum Gasteiger partial charge on any atom is -0.494 e. The van der Waals surface area contributed by atoms with Crippen LogP contribution in [0.4, 0.5) is 22.9 Å². The van der Waals surface area contributed by atoms with Gasteiger partial charge in [0.25, 0.3) is 0 Å². The monoisotopic (exact) mass is 612 g/mol. The number of methoxy groups -OCH3 is 1. The molecule has 45 heavy (non-hydrogen) atoms. The van der Waals surface area contributed by atoms with Crippen molar-refractivity contribution in [1.29, 1.82) is 0 Å². The Morgan fingerprint density at radius 3 is 2.60 bits per heavy atom. The van der Waals surface area contributed by atoms with Gasteiger partial charge in [0.15, 0.2) is 0 Å². The summed E-state index contributed by atoms with van der Waals surface area (Å²) in [4.78, 5) is 22.6. The van der Waals surface area contributed by atoms with E-state index >= 15 is 0 Å². The number of benzene rings is 2. The number of ether oxygens (including phenoxy) is 1. The predicted octanol–water partition coefficient (Wildman–Crippen LogP) is 4.97. The molecule has 2 aliphatic heterocycles. The molecule has 1 fully saturated rings. The van der Waals surface area contributed by atoms with E-state index in [1.165, 1.54) is 0 Å². The van der Waals surface area contributed by atoms with Crippen LogP contribution in [0.15, 0.2) is 59.9 Å². The Kier molecular flexibility index (Phi) is 8.23. The van der Waals surface area contributed by atoms with Crippen molar-refractivity contribution >= 4 is 45.6 Å². The molecular formula is C34H44N8O3. The molecular weight excluding hydrogens is 568 g/mol. The molecule has 11 heteroatoms. The second kappa shape index (κ2) is 12.1. The number of para-hydroxylation sites is 1. The van der Waals surface area contributed by atoms with Crippen molar-refractivity contribution in [2.45, 2.75) is 51.4 Å². The number of guanidine groups is 1. The average Bonchev–Trinajstić information content (AvgIpc) is 3.63. The van der Waals surface area contributed by atoms with Crippen molar-refractivity contribution in [3.63, 3.8) is 0 Å². The molecule has 0 aliphatic carbocycles. The van der Waals surface area contributed by atoms with E-state index in [0.717, 1.165) is 65.2 Å². The molecule has 11 nitrogen and oxygen atoms in total. The summed E-state index contributed by atoms with van der Waals surface area (Å²) in [5, 5.41) is 21.3. The number of piperidine rings is 1. The lowest BCUT2D eigenvalue weighted by Gasteiger charge is -2.37. The largest absolute Gasteiger partial charge is 0.494 e. The van der Waals surface area contributed by atoms with E-state index in [4.69, 9.17) is 9.73 Å². The molecule has 238 valence electrons. The van der Waals surface area contributed by atoms with E-state index in [-0.39, 0.29) is 12.6 Å². The van der Waals surface area contributed by atoms with Crippen LogP contribution in [-0.2, 0) is 24.1 Å². The van der Waals surface area contributed by atoms with Gasteiger partial charge < -0.3 is 44.7 Å². The van der Waals surface area contributed by atoms with E-state index in [2.05, 4.69) is 69.7 Å². The van der Waals surface area contributed by atoms with Gasteiger partial charge in [-0.1, -0.05) is 25.1 Å². The smallest absolute Gasteiger partial charge is 0.224 e. The number of nitrogens with one attached hydrogen (secondary N) is 3. The Bertz CT molecular complexity index is 1750. The maximum absolute atomic E-state index is 12.7. The van der Waals surface area contributed by atoms with Crippen LogP contribution in [-0.4, -0.2) is 71.3 Å². The number of carbonyl (C=O) groups excluding carboxylic acids is 1. The predicted molar refractivity (Wildman–Crippen MR) is 182 cm³/mol. The van der Waals surface area contributed by atoms with E-state index in [1.807, 2.05) is 50.5 Å². The van der Waals surface area contributed by atoms with Gasteiger partial charge >= 0.3 is 0 Å². The zero-order chi connectivity index (χ0) is 31.9. The molecule has 0 saturated carbocycles. The zero-order valence-corrected chi connectivity index (χ0v) is 27.0. The Morgan fingerprint density at radius 2 is 1.91 bits per heavy atom. The van der Waals surface area contributed by atoms with E-state index < -0.39 is 5.54 Å². The fraction of sp³-hybridized carbons (Fsp3) is 0.412. The van der Waals surface area contributed by atoms with Gasteiger partial charge in [0.1, 0.15) is 23.8 Å². The number of aromatic nitrogens is 2. The van der Waals surface area contributed by atoms with Crippen LogP contribution in [0, 0.1) is 0 Å². The number of nitrogens with zero attached hydrogens (tertiary/aromatic N) is 5. The summed E-state index contributed by atoms with van der Waals surface area (Å²) in [5.41, 5.74) is 4.67. The highest BCUT2D eigenvalue weighted by Gasteiger charge is 2.39. The summed E-state index contributed by atoms with van der Waals surface area (Å²) >= 11 is 0. The van der Waals surface area contributed by atoms with Crippen LogP contribution >= 0.6 is 0 Å². The van der Waals surface area contributed by atoms with Crippen molar-refractivity contribution in [2.75, 3.05) is 55.1 Å². The summed E-state index contributed by atoms with van der Waals surface area (Å²) in [6.07, 6.45) is 6.44. The minimum atomic E-state index is -0.770. The fourth-order valence-corrected chi connectivity index (χ4v) is 6.73. The number of anilines is 4. The number of rotatable bonds is 8. The number of aliphatic hydroxyl groups is 1. The van der Waals surface area contributed by atoms with Crippen LogP contribution in [0.2, 0.25) is 0 Å². The first-order valence-corrected chi connectivity index (χ1v) is 15.6. The number of aryl methyl sites for hydroxylation is 1. The lowest BCUT2D eigenvalue weighted by molar-refractivity contribution is -0.115. The van der Waals surface area contributed by atoms with Gasteiger partial charge in [0.05, 0.1) is 24.2 Å². The van der Waals surface area contributed by atoms with Crippen molar-refractivity contribution in [3.05, 3.63) is 66.0 Å². The molecule has 0 radical (unpaired) electrons. The average molecular weight is 613 g/mol. The number of amides is 1. The molecule has 1 saturated heterocycles. The molecule has 1 amide bonds. The molecule has 2 aromatic heterocycles. The minimum absolute atomic E-state index is 0.0578. The van der Waals surface area contributed by atoms with Gasteiger partial charge in [-0.15, -0.1) is 0 Å². The van der Waals surface area contributed by atoms with Crippen molar-refractivity contribution in [3.8, 4) is 5.75 Å². The third-order valence-corrected chi connectivity index (χ3v) is 9.34. The number of aliphatic imine (C=N–C) groups is 1. The molecule has 4 heterocycles. The molecule has 4 aromatic rings. The Labute approximate surface area is 264 Å². The number of hydrogen-bond donors (Lipinski definition) is 4. The van der Waals surface area contributed by atoms with Gasteiger partial charge in [-0.05, 0) is 52.1 Å². The summed E-state index contributed by atoms with van der Waals surface area (Å²) < 4.78 is 9.80. The topological polar surface area (TPSA) is 111 Å². The van der Waals surface area contributed by atoms with Crippen LogP contribution in [0.1, 0.15) is 44.2 Å². The molecule has 1 atom stereocenters. The fourth-order valence-electron chi connectivity index (χ4n) is 6.73. The van der Waals surface area contributed by atoms with Crippen molar-refractivity contribution < 1.29 is 14.6 Å². The summed E-state index contributed by atoms with van der Waals surface area (Å²) in [6, 6.07) is 14.8. The molecule has 0 bridgehead atoms. The number of aliphatic hydroxyl groups excluding tert-OH is 1. The molecule has 6 rings (SSSR count). The first-order valence-electron chi connectivity index (χ1n) is 15.6. The summed E-state index contributed by atoms with van der Waals surface area (Å²) in [7, 11) is 7.95. The quantitative estimate of drug-likeness (QED) is 0.222. The second-order valence-electron chi connectivity index (χ2n) is 12.3. The second-order valence-corrected chi connectivity index (χ2v) is 12.3. The maximum atomic E-state index is 12.7. The normalized spacial score (nSPS) is 18.5. The molecule has 2 aromatic carbocycles. The van der Waals surface area contributed by atoms with Crippen LogP contribution in [0.3, 0.4) is 0 Å². The molecule has 2 aliphatic rings. The Morgan fingerprint density at radius 1 is 1.16 bits per heavy atom. The van der Waals surface area contributed by atoms with Gasteiger partial charge in [0.2, 0.25) is 11.9 Å². The highest BCUT2D eigenvalue weighted by molar-refractivity contribution is 6.08. The molecule has 1 unspecified atom stereocenters. The van der Waals surface area contributed by atoms with Gasteiger partial charge in [0, 0.05) is 73.1 Å². The first kappa shape index (κ1) is 30.5. The first-order chi connectivity index (χ1) is 21.7. The van der Waals surface area contributed by atoms with Crippen LogP contribution in [0.5, 0.6) is 5.75 Å². The standard InChI is InChI=1S/C34H44N8O3/c1-7-31(44)35-26-18-27(30(45-6)19-29(26)41-15-12-22(13-16-41)39(3)4)36-33-37-32-24(14-17-42(32)21-43)34(2,38-33)25-20-40(5)28-11-9-8-10-23(25)28/h8-11,14,17-20,22,43H,7,12-13,15-16,21H2,1-6H3,(H,35,44)(H2,36,37,38). The van der Waals surface area contributed by atoms with Crippen LogP contribution in [0.25, 0.3) is 10.9 Å². The van der Waals surface area contributed by atoms with Gasteiger partial charge in [-0.3, -0.25) is 4.79 Å². The summed E-state index contributed by atoms with van der Waals surface area (Å²) in [5.74, 6) is 1.83. The Balaban J connectivity index is 1.42. The number of carbonyl (C=O) groups is 1. The highest BCUT2D eigenvalue weighted by Crippen LogP contribution is 2.45. The Hall–Kier alpha value is -4.48. The van der Waals surface area contributed by atoms with E-state index in [1.54, 1.807) is 11.7 Å². The SMILES string of the molecule is CCC(=O)Nc1cc(NC2=NC(C)(c3cn(C)c4ccccc34)c3ccn(CO)c3N2)c(OC)cc1N1CCC(N(C)C)CC1. The lowest BCUT2D eigenvalue weighted by Crippen LogP contribution is -2.42. The summed E-state index contributed by atoms with van der Waals surface area (Å²) in [6.45, 7) is 5.53. The van der Waals surface area contributed by atoms with Crippen molar-refractivity contribution in [2.24, 2.45) is 12.0 Å². The zero-order valence-electron chi connectivity index (χ0n) is 27.0. The molecule has 0 spiro atoms. The highest BCUT2D eigenvalue weighted by atomic mass is 16.5. The van der Waals surface area contributed by atoms with Crippen LogP contribution < -0.4 is 25.6 Å². The molecule has 4 N–H and O–H groups in total. The number of hydrogen-bond acceptors (Lipinski definition) is 8. The third-order valence-electron chi connectivity index (χ3n) is 9.34. The van der Waals surface area contributed by atoms with Gasteiger partial charge in [-0.25, -0.2) is 4.99 Å². The van der Waals surface area contributed by atoms with E-state index in [0.29, 0.717) is 29.9 Å². The van der Waals surface area contributed by atoms with E-state index in [9.17, 15) is 9.90 Å². The third kappa shape index (κ3) is 5.51. The van der Waals surface area contributed by atoms with Gasteiger partial charge in [-0.2, -0.15) is 0 Å². The maximum Gasteiger partial charge on any atom is 0.224 e. The number of fused-ring (bicyclic) bond motifs is 2.